The van der Waals surface area contributed by atoms with Gasteiger partial charge in [0.1, 0.15) is 0 Å². The third kappa shape index (κ3) is 2.56. The summed E-state index contributed by atoms with van der Waals surface area (Å²) in [7, 11) is 1.25. The summed E-state index contributed by atoms with van der Waals surface area (Å²) < 4.78 is 6.14. The van der Waals surface area contributed by atoms with Gasteiger partial charge in [-0.15, -0.1) is 0 Å². The van der Waals surface area contributed by atoms with Crippen molar-refractivity contribution in [3.05, 3.63) is 18.0 Å². The number of rotatable bonds is 4. The minimum absolute atomic E-state index is 0.243. The van der Waals surface area contributed by atoms with E-state index in [0.717, 1.165) is 12.1 Å². The van der Waals surface area contributed by atoms with E-state index < -0.39 is 12.1 Å². The summed E-state index contributed by atoms with van der Waals surface area (Å²) in [6.45, 7) is 2.74. The molecule has 1 N–H and O–H groups in total. The van der Waals surface area contributed by atoms with E-state index in [1.54, 1.807) is 17.1 Å². The largest absolute Gasteiger partial charge is 0.467 e. The van der Waals surface area contributed by atoms with Gasteiger partial charge in [-0.05, 0) is 12.5 Å². The van der Waals surface area contributed by atoms with E-state index in [1.807, 2.05) is 6.92 Å². The predicted molar refractivity (Wildman–Crippen MR) is 49.6 cm³/mol. The highest BCUT2D eigenvalue weighted by atomic mass is 16.5. The van der Waals surface area contributed by atoms with Crippen molar-refractivity contribution in [2.45, 2.75) is 26.0 Å². The van der Waals surface area contributed by atoms with E-state index in [2.05, 4.69) is 9.84 Å². The summed E-state index contributed by atoms with van der Waals surface area (Å²) in [5, 5.41) is 13.4. The van der Waals surface area contributed by atoms with Crippen molar-refractivity contribution in [1.82, 2.24) is 9.78 Å². The van der Waals surface area contributed by atoms with E-state index in [1.165, 1.54) is 7.11 Å². The van der Waals surface area contributed by atoms with Crippen LogP contribution in [-0.2, 0) is 22.5 Å². The summed E-state index contributed by atoms with van der Waals surface area (Å²) in [5.41, 5.74) is 0.824. The molecule has 1 heterocycles. The molecule has 0 aliphatic carbocycles. The van der Waals surface area contributed by atoms with E-state index >= 15 is 0 Å². The number of ether oxygens (including phenoxy) is 1. The third-order valence-electron chi connectivity index (χ3n) is 1.91. The molecule has 0 aromatic carbocycles. The Bertz CT molecular complexity index is 309. The Morgan fingerprint density at radius 2 is 2.50 bits per heavy atom. The number of hydrogen-bond acceptors (Lipinski definition) is 4. The van der Waals surface area contributed by atoms with Crippen LogP contribution in [0.2, 0.25) is 0 Å². The molecular weight excluding hydrogens is 184 g/mol. The first kappa shape index (κ1) is 10.7. The van der Waals surface area contributed by atoms with Gasteiger partial charge in [-0.2, -0.15) is 5.10 Å². The lowest BCUT2D eigenvalue weighted by Crippen LogP contribution is -2.23. The van der Waals surface area contributed by atoms with Crippen LogP contribution in [0.1, 0.15) is 12.5 Å². The summed E-state index contributed by atoms with van der Waals surface area (Å²) in [6.07, 6.45) is 2.57. The SMILES string of the molecule is CCn1cc(CC(O)C(=O)OC)cn1. The second kappa shape index (κ2) is 4.76. The molecule has 0 aliphatic rings. The van der Waals surface area contributed by atoms with Gasteiger partial charge in [0.15, 0.2) is 6.10 Å². The molecule has 1 atom stereocenters. The normalized spacial score (nSPS) is 12.5. The van der Waals surface area contributed by atoms with Crippen LogP contribution in [0.3, 0.4) is 0 Å². The lowest BCUT2D eigenvalue weighted by atomic mass is 10.1. The van der Waals surface area contributed by atoms with Gasteiger partial charge in [0.05, 0.1) is 13.3 Å². The Morgan fingerprint density at radius 3 is 3.00 bits per heavy atom. The fourth-order valence-electron chi connectivity index (χ4n) is 1.13. The topological polar surface area (TPSA) is 64.4 Å². The van der Waals surface area contributed by atoms with Gasteiger partial charge in [-0.3, -0.25) is 4.68 Å². The maximum atomic E-state index is 10.9. The van der Waals surface area contributed by atoms with E-state index in [4.69, 9.17) is 0 Å². The molecule has 0 radical (unpaired) electrons. The molecule has 0 spiro atoms. The molecule has 14 heavy (non-hydrogen) atoms. The number of aliphatic hydroxyl groups is 1. The van der Waals surface area contributed by atoms with Crippen LogP contribution in [0.5, 0.6) is 0 Å². The van der Waals surface area contributed by atoms with E-state index in [0.29, 0.717) is 0 Å². The summed E-state index contributed by atoms with van der Waals surface area (Å²) in [4.78, 5) is 10.9. The number of esters is 1. The number of carbonyl (C=O) groups excluding carboxylic acids is 1. The van der Waals surface area contributed by atoms with Gasteiger partial charge in [-0.25, -0.2) is 4.79 Å². The zero-order valence-electron chi connectivity index (χ0n) is 8.30. The summed E-state index contributed by atoms with van der Waals surface area (Å²) in [5.74, 6) is -0.616. The zero-order chi connectivity index (χ0) is 10.6. The average Bonchev–Trinajstić information content (AvgIpc) is 2.64. The lowest BCUT2D eigenvalue weighted by Gasteiger charge is -2.05. The predicted octanol–water partition coefficient (Wildman–Crippen LogP) is -0.0206. The minimum Gasteiger partial charge on any atom is -0.467 e. The Morgan fingerprint density at radius 1 is 1.79 bits per heavy atom. The molecule has 5 nitrogen and oxygen atoms in total. The van der Waals surface area contributed by atoms with Crippen molar-refractivity contribution in [3.8, 4) is 0 Å². The summed E-state index contributed by atoms with van der Waals surface area (Å²) >= 11 is 0. The van der Waals surface area contributed by atoms with E-state index in [9.17, 15) is 9.90 Å². The second-order valence-corrected chi connectivity index (χ2v) is 2.95. The van der Waals surface area contributed by atoms with Crippen molar-refractivity contribution in [2.75, 3.05) is 7.11 Å². The van der Waals surface area contributed by atoms with Crippen LogP contribution in [0.25, 0.3) is 0 Å². The van der Waals surface area contributed by atoms with Crippen molar-refractivity contribution in [1.29, 1.82) is 0 Å². The summed E-state index contributed by atoms with van der Waals surface area (Å²) in [6, 6.07) is 0. The van der Waals surface area contributed by atoms with Gasteiger partial charge in [-0.1, -0.05) is 0 Å². The molecule has 78 valence electrons. The van der Waals surface area contributed by atoms with Crippen molar-refractivity contribution < 1.29 is 14.6 Å². The molecule has 0 saturated carbocycles. The minimum atomic E-state index is -1.10. The van der Waals surface area contributed by atoms with Crippen molar-refractivity contribution in [2.24, 2.45) is 0 Å². The number of aromatic nitrogens is 2. The quantitative estimate of drug-likeness (QED) is 0.690. The van der Waals surface area contributed by atoms with Crippen molar-refractivity contribution >= 4 is 5.97 Å². The van der Waals surface area contributed by atoms with Crippen LogP contribution in [0.15, 0.2) is 12.4 Å². The van der Waals surface area contributed by atoms with Gasteiger partial charge < -0.3 is 9.84 Å². The van der Waals surface area contributed by atoms with Crippen LogP contribution < -0.4 is 0 Å². The molecular formula is C9H14N2O3. The monoisotopic (exact) mass is 198 g/mol. The fraction of sp³-hybridized carbons (Fsp3) is 0.556. The first-order chi connectivity index (χ1) is 6.67. The van der Waals surface area contributed by atoms with Crippen LogP contribution in [0.4, 0.5) is 0 Å². The molecule has 1 aromatic rings. The van der Waals surface area contributed by atoms with Crippen LogP contribution in [0, 0.1) is 0 Å². The maximum Gasteiger partial charge on any atom is 0.335 e. The molecule has 1 rings (SSSR count). The molecule has 1 aromatic heterocycles. The Balaban J connectivity index is 2.55. The number of methoxy groups -OCH3 is 1. The van der Waals surface area contributed by atoms with Gasteiger partial charge >= 0.3 is 5.97 Å². The maximum absolute atomic E-state index is 10.9. The molecule has 0 aliphatic heterocycles. The van der Waals surface area contributed by atoms with Crippen LogP contribution >= 0.6 is 0 Å². The Labute approximate surface area is 82.3 Å². The molecule has 0 fully saturated rings. The highest BCUT2D eigenvalue weighted by molar-refractivity contribution is 5.74. The first-order valence-electron chi connectivity index (χ1n) is 4.44. The number of aryl methyl sites for hydroxylation is 1. The highest BCUT2D eigenvalue weighted by Gasteiger charge is 2.16. The van der Waals surface area contributed by atoms with Crippen LogP contribution in [-0.4, -0.2) is 34.1 Å². The standard InChI is InChI=1S/C9H14N2O3/c1-3-11-6-7(5-10-11)4-8(12)9(13)14-2/h5-6,8,12H,3-4H2,1-2H3. The third-order valence-corrected chi connectivity index (χ3v) is 1.91. The van der Waals surface area contributed by atoms with Crippen molar-refractivity contribution in [3.63, 3.8) is 0 Å². The molecule has 0 amide bonds. The molecule has 1 unspecified atom stereocenters. The number of aliphatic hydroxyl groups excluding tert-OH is 1. The Kier molecular flexibility index (Phi) is 3.64. The number of hydrogen-bond donors (Lipinski definition) is 1. The highest BCUT2D eigenvalue weighted by Crippen LogP contribution is 2.03. The van der Waals surface area contributed by atoms with Gasteiger partial charge in [0, 0.05) is 19.2 Å². The fourth-order valence-corrected chi connectivity index (χ4v) is 1.13. The lowest BCUT2D eigenvalue weighted by molar-refractivity contribution is -0.150. The first-order valence-corrected chi connectivity index (χ1v) is 4.44. The smallest absolute Gasteiger partial charge is 0.335 e. The number of nitrogens with zero attached hydrogens (tertiary/aromatic N) is 2. The molecule has 5 heteroatoms. The zero-order valence-corrected chi connectivity index (χ0v) is 8.30. The molecule has 0 bridgehead atoms. The second-order valence-electron chi connectivity index (χ2n) is 2.95. The van der Waals surface area contributed by atoms with Gasteiger partial charge in [0.2, 0.25) is 0 Å². The molecule has 0 saturated heterocycles. The van der Waals surface area contributed by atoms with E-state index in [-0.39, 0.29) is 6.42 Å². The average molecular weight is 198 g/mol. The van der Waals surface area contributed by atoms with Gasteiger partial charge in [0.25, 0.3) is 0 Å². The number of carbonyl (C=O) groups is 1. The Hall–Kier alpha value is -1.36.